The second kappa shape index (κ2) is 3.84. The zero-order valence-corrected chi connectivity index (χ0v) is 8.49. The fourth-order valence-electron chi connectivity index (χ4n) is 1.35. The van der Waals surface area contributed by atoms with Gasteiger partial charge in [-0.25, -0.2) is 0 Å². The summed E-state index contributed by atoms with van der Waals surface area (Å²) in [7, 11) is 0. The van der Waals surface area contributed by atoms with E-state index in [1.54, 1.807) is 6.26 Å². The normalized spacial score (nSPS) is 11.4. The molecular weight excluding hydrogens is 176 g/mol. The molecule has 1 aromatic carbocycles. The van der Waals surface area contributed by atoms with Gasteiger partial charge in [0.1, 0.15) is 5.58 Å². The van der Waals surface area contributed by atoms with Crippen LogP contribution in [0.4, 0.5) is 0 Å². The maximum Gasteiger partial charge on any atom is 0.134 e. The number of hydrogen-bond acceptors (Lipinski definition) is 2. The standard InChI is InChI=1S/C12H14O2/c1-9(2)14-8-10-3-4-11-5-6-13-12(11)7-10/h3-7,9H,8H2,1-2H3. The van der Waals surface area contributed by atoms with E-state index in [-0.39, 0.29) is 6.10 Å². The van der Waals surface area contributed by atoms with Crippen LogP contribution in [0.5, 0.6) is 0 Å². The van der Waals surface area contributed by atoms with Crippen LogP contribution in [0.25, 0.3) is 11.0 Å². The molecule has 14 heavy (non-hydrogen) atoms. The van der Waals surface area contributed by atoms with Crippen LogP contribution in [0, 0.1) is 0 Å². The predicted octanol–water partition coefficient (Wildman–Crippen LogP) is 3.36. The van der Waals surface area contributed by atoms with Gasteiger partial charge in [-0.1, -0.05) is 12.1 Å². The first-order chi connectivity index (χ1) is 6.75. The monoisotopic (exact) mass is 190 g/mol. The summed E-state index contributed by atoms with van der Waals surface area (Å²) in [6, 6.07) is 8.11. The lowest BCUT2D eigenvalue weighted by Gasteiger charge is -2.06. The lowest BCUT2D eigenvalue weighted by Crippen LogP contribution is -2.01. The van der Waals surface area contributed by atoms with Crippen molar-refractivity contribution >= 4 is 11.0 Å². The van der Waals surface area contributed by atoms with Gasteiger partial charge in [-0.3, -0.25) is 0 Å². The molecule has 0 atom stereocenters. The maximum absolute atomic E-state index is 5.51. The van der Waals surface area contributed by atoms with E-state index in [4.69, 9.17) is 9.15 Å². The largest absolute Gasteiger partial charge is 0.464 e. The number of benzene rings is 1. The summed E-state index contributed by atoms with van der Waals surface area (Å²) in [5, 5.41) is 1.14. The van der Waals surface area contributed by atoms with Gasteiger partial charge < -0.3 is 9.15 Å². The fourth-order valence-corrected chi connectivity index (χ4v) is 1.35. The first-order valence-corrected chi connectivity index (χ1v) is 4.83. The van der Waals surface area contributed by atoms with Crippen molar-refractivity contribution in [3.63, 3.8) is 0 Å². The first-order valence-electron chi connectivity index (χ1n) is 4.83. The molecule has 0 spiro atoms. The third-order valence-electron chi connectivity index (χ3n) is 2.10. The second-order valence-corrected chi connectivity index (χ2v) is 3.65. The molecule has 0 aliphatic heterocycles. The molecule has 0 amide bonds. The molecule has 0 N–H and O–H groups in total. The Morgan fingerprint density at radius 2 is 2.14 bits per heavy atom. The Balaban J connectivity index is 2.17. The summed E-state index contributed by atoms with van der Waals surface area (Å²) in [5.74, 6) is 0. The summed E-state index contributed by atoms with van der Waals surface area (Å²) >= 11 is 0. The van der Waals surface area contributed by atoms with Crippen molar-refractivity contribution in [2.45, 2.75) is 26.6 Å². The molecule has 1 aromatic heterocycles. The van der Waals surface area contributed by atoms with Crippen LogP contribution in [0.2, 0.25) is 0 Å². The Kier molecular flexibility index (Phi) is 2.55. The molecule has 0 unspecified atom stereocenters. The fraction of sp³-hybridized carbons (Fsp3) is 0.333. The van der Waals surface area contributed by atoms with Gasteiger partial charge in [0.2, 0.25) is 0 Å². The van der Waals surface area contributed by atoms with Gasteiger partial charge in [-0.15, -0.1) is 0 Å². The molecule has 2 aromatic rings. The lowest BCUT2D eigenvalue weighted by atomic mass is 10.2. The Morgan fingerprint density at radius 1 is 1.29 bits per heavy atom. The minimum absolute atomic E-state index is 0.266. The van der Waals surface area contributed by atoms with E-state index < -0.39 is 0 Å². The van der Waals surface area contributed by atoms with E-state index in [1.165, 1.54) is 0 Å². The Labute approximate surface area is 83.5 Å². The molecule has 0 aliphatic rings. The molecule has 2 nitrogen and oxygen atoms in total. The zero-order valence-electron chi connectivity index (χ0n) is 8.49. The van der Waals surface area contributed by atoms with Gasteiger partial charge in [-0.2, -0.15) is 0 Å². The Hall–Kier alpha value is -1.28. The Morgan fingerprint density at radius 3 is 2.93 bits per heavy atom. The smallest absolute Gasteiger partial charge is 0.134 e. The average Bonchev–Trinajstić information content (AvgIpc) is 2.61. The van der Waals surface area contributed by atoms with E-state index in [2.05, 4.69) is 12.1 Å². The molecule has 74 valence electrons. The van der Waals surface area contributed by atoms with Crippen LogP contribution < -0.4 is 0 Å². The number of hydrogen-bond donors (Lipinski definition) is 0. The highest BCUT2D eigenvalue weighted by atomic mass is 16.5. The third-order valence-corrected chi connectivity index (χ3v) is 2.10. The Bertz CT molecular complexity index is 415. The molecule has 2 heteroatoms. The van der Waals surface area contributed by atoms with E-state index in [9.17, 15) is 0 Å². The highest BCUT2D eigenvalue weighted by Gasteiger charge is 2.00. The SMILES string of the molecule is CC(C)OCc1ccc2ccoc2c1. The van der Waals surface area contributed by atoms with Crippen molar-refractivity contribution in [2.75, 3.05) is 0 Å². The summed E-state index contributed by atoms with van der Waals surface area (Å²) < 4.78 is 10.8. The summed E-state index contributed by atoms with van der Waals surface area (Å²) in [4.78, 5) is 0. The van der Waals surface area contributed by atoms with E-state index in [0.717, 1.165) is 16.5 Å². The van der Waals surface area contributed by atoms with Crippen molar-refractivity contribution in [1.29, 1.82) is 0 Å². The molecule has 0 saturated carbocycles. The minimum atomic E-state index is 0.266. The molecule has 0 aliphatic carbocycles. The van der Waals surface area contributed by atoms with Crippen molar-refractivity contribution in [1.82, 2.24) is 0 Å². The van der Waals surface area contributed by atoms with E-state index in [0.29, 0.717) is 6.61 Å². The average molecular weight is 190 g/mol. The van der Waals surface area contributed by atoms with Crippen LogP contribution in [-0.2, 0) is 11.3 Å². The third kappa shape index (κ3) is 1.96. The zero-order chi connectivity index (χ0) is 9.97. The maximum atomic E-state index is 5.51. The van der Waals surface area contributed by atoms with E-state index in [1.807, 2.05) is 26.0 Å². The second-order valence-electron chi connectivity index (χ2n) is 3.65. The van der Waals surface area contributed by atoms with Crippen LogP contribution in [0.3, 0.4) is 0 Å². The molecule has 1 heterocycles. The van der Waals surface area contributed by atoms with Crippen molar-refractivity contribution in [3.8, 4) is 0 Å². The highest BCUT2D eigenvalue weighted by Crippen LogP contribution is 2.17. The van der Waals surface area contributed by atoms with Gasteiger partial charge in [-0.05, 0) is 31.5 Å². The quantitative estimate of drug-likeness (QED) is 0.740. The van der Waals surface area contributed by atoms with Gasteiger partial charge in [0.05, 0.1) is 19.0 Å². The molecule has 2 rings (SSSR count). The van der Waals surface area contributed by atoms with Crippen molar-refractivity contribution in [3.05, 3.63) is 36.1 Å². The number of ether oxygens (including phenoxy) is 1. The van der Waals surface area contributed by atoms with Gasteiger partial charge in [0.25, 0.3) is 0 Å². The van der Waals surface area contributed by atoms with Gasteiger partial charge in [0.15, 0.2) is 0 Å². The van der Waals surface area contributed by atoms with Crippen LogP contribution in [0.15, 0.2) is 34.9 Å². The molecule has 0 radical (unpaired) electrons. The van der Waals surface area contributed by atoms with Gasteiger partial charge in [0, 0.05) is 5.39 Å². The molecular formula is C12H14O2. The number of rotatable bonds is 3. The van der Waals surface area contributed by atoms with Crippen molar-refractivity contribution in [2.24, 2.45) is 0 Å². The lowest BCUT2D eigenvalue weighted by molar-refractivity contribution is 0.0657. The topological polar surface area (TPSA) is 22.4 Å². The molecule has 0 bridgehead atoms. The number of fused-ring (bicyclic) bond motifs is 1. The van der Waals surface area contributed by atoms with Crippen LogP contribution >= 0.6 is 0 Å². The van der Waals surface area contributed by atoms with Crippen molar-refractivity contribution < 1.29 is 9.15 Å². The minimum Gasteiger partial charge on any atom is -0.464 e. The molecule has 0 fully saturated rings. The van der Waals surface area contributed by atoms with Crippen LogP contribution in [0.1, 0.15) is 19.4 Å². The summed E-state index contributed by atoms with van der Waals surface area (Å²) in [6.45, 7) is 4.71. The predicted molar refractivity (Wildman–Crippen MR) is 56.1 cm³/mol. The first kappa shape index (κ1) is 9.28. The highest BCUT2D eigenvalue weighted by molar-refractivity contribution is 5.77. The van der Waals surface area contributed by atoms with E-state index >= 15 is 0 Å². The number of furan rings is 1. The summed E-state index contributed by atoms with van der Waals surface area (Å²) in [5.41, 5.74) is 2.08. The van der Waals surface area contributed by atoms with Gasteiger partial charge >= 0.3 is 0 Å². The molecule has 0 saturated heterocycles. The summed E-state index contributed by atoms with van der Waals surface area (Å²) in [6.07, 6.45) is 1.97. The van der Waals surface area contributed by atoms with Crippen LogP contribution in [-0.4, -0.2) is 6.10 Å².